The summed E-state index contributed by atoms with van der Waals surface area (Å²) in [4.78, 5) is 8.78. The molecule has 0 radical (unpaired) electrons. The highest BCUT2D eigenvalue weighted by atomic mass is 32.2. The zero-order chi connectivity index (χ0) is 11.4. The first-order valence-electron chi connectivity index (χ1n) is 5.22. The van der Waals surface area contributed by atoms with E-state index in [2.05, 4.69) is 16.9 Å². The molecule has 0 saturated carbocycles. The number of nitrogens with zero attached hydrogens (tertiary/aromatic N) is 2. The molecule has 0 aromatic carbocycles. The van der Waals surface area contributed by atoms with Gasteiger partial charge in [-0.25, -0.2) is 9.97 Å². The van der Waals surface area contributed by atoms with Crippen LogP contribution in [-0.2, 0) is 0 Å². The lowest BCUT2D eigenvalue weighted by Crippen LogP contribution is -2.19. The van der Waals surface area contributed by atoms with Crippen LogP contribution in [0.1, 0.15) is 31.7 Å². The molecule has 1 heterocycles. The minimum absolute atomic E-state index is 0.235. The molecule has 1 rings (SSSR count). The molecule has 4 heteroatoms. The van der Waals surface area contributed by atoms with Crippen LogP contribution in [0.25, 0.3) is 0 Å². The van der Waals surface area contributed by atoms with Crippen LogP contribution in [-0.4, -0.2) is 21.3 Å². The highest BCUT2D eigenvalue weighted by molar-refractivity contribution is 7.99. The maximum absolute atomic E-state index is 5.75. The second-order valence-corrected chi connectivity index (χ2v) is 5.48. The number of aromatic nitrogens is 2. The SMILES string of the molecule is Cc1cc(C)nc(SC(C)CC(C)N)n1. The van der Waals surface area contributed by atoms with E-state index in [0.29, 0.717) is 5.25 Å². The van der Waals surface area contributed by atoms with Gasteiger partial charge in [0, 0.05) is 22.7 Å². The number of hydrogen-bond acceptors (Lipinski definition) is 4. The minimum atomic E-state index is 0.235. The van der Waals surface area contributed by atoms with Gasteiger partial charge in [-0.1, -0.05) is 18.7 Å². The lowest BCUT2D eigenvalue weighted by molar-refractivity contribution is 0.661. The van der Waals surface area contributed by atoms with E-state index in [1.807, 2.05) is 26.8 Å². The summed E-state index contributed by atoms with van der Waals surface area (Å²) in [5.41, 5.74) is 7.80. The first-order chi connectivity index (χ1) is 6.97. The second-order valence-electron chi connectivity index (χ2n) is 4.07. The Balaban J connectivity index is 2.63. The summed E-state index contributed by atoms with van der Waals surface area (Å²) in [5, 5.41) is 1.33. The Bertz CT molecular complexity index is 305. The third-order valence-electron chi connectivity index (χ3n) is 1.97. The average molecular weight is 225 g/mol. The van der Waals surface area contributed by atoms with Crippen molar-refractivity contribution in [3.8, 4) is 0 Å². The van der Waals surface area contributed by atoms with Crippen LogP contribution in [0.3, 0.4) is 0 Å². The van der Waals surface area contributed by atoms with Gasteiger partial charge in [0.2, 0.25) is 0 Å². The van der Waals surface area contributed by atoms with Gasteiger partial charge in [0.1, 0.15) is 0 Å². The Morgan fingerprint density at radius 1 is 1.27 bits per heavy atom. The van der Waals surface area contributed by atoms with Crippen molar-refractivity contribution in [2.75, 3.05) is 0 Å². The van der Waals surface area contributed by atoms with E-state index in [0.717, 1.165) is 23.0 Å². The van der Waals surface area contributed by atoms with Crippen molar-refractivity contribution in [2.24, 2.45) is 5.73 Å². The van der Waals surface area contributed by atoms with E-state index in [1.165, 1.54) is 0 Å². The summed E-state index contributed by atoms with van der Waals surface area (Å²) < 4.78 is 0. The molecule has 0 bridgehead atoms. The van der Waals surface area contributed by atoms with E-state index in [9.17, 15) is 0 Å². The molecule has 0 fully saturated rings. The molecule has 0 aliphatic carbocycles. The van der Waals surface area contributed by atoms with Crippen molar-refractivity contribution in [3.63, 3.8) is 0 Å². The van der Waals surface area contributed by atoms with Gasteiger partial charge in [0.15, 0.2) is 5.16 Å². The predicted octanol–water partition coefficient (Wildman–Crippen LogP) is 2.31. The minimum Gasteiger partial charge on any atom is -0.328 e. The van der Waals surface area contributed by atoms with E-state index in [-0.39, 0.29) is 6.04 Å². The topological polar surface area (TPSA) is 51.8 Å². The first-order valence-corrected chi connectivity index (χ1v) is 6.10. The van der Waals surface area contributed by atoms with Gasteiger partial charge in [-0.2, -0.15) is 0 Å². The van der Waals surface area contributed by atoms with Crippen molar-refractivity contribution in [3.05, 3.63) is 17.5 Å². The molecule has 0 amide bonds. The summed E-state index contributed by atoms with van der Waals surface area (Å²) in [7, 11) is 0. The zero-order valence-corrected chi connectivity index (χ0v) is 10.6. The number of aryl methyl sites for hydroxylation is 2. The third-order valence-corrected chi connectivity index (χ3v) is 2.96. The number of hydrogen-bond donors (Lipinski definition) is 1. The van der Waals surface area contributed by atoms with E-state index >= 15 is 0 Å². The molecule has 1 aromatic rings. The largest absolute Gasteiger partial charge is 0.328 e. The Hall–Kier alpha value is -0.610. The first kappa shape index (κ1) is 12.5. The fraction of sp³-hybridized carbons (Fsp3) is 0.636. The maximum atomic E-state index is 5.75. The molecule has 0 aliphatic rings. The van der Waals surface area contributed by atoms with Crippen LogP contribution in [0.4, 0.5) is 0 Å². The fourth-order valence-corrected chi connectivity index (χ4v) is 2.65. The molecule has 2 unspecified atom stereocenters. The van der Waals surface area contributed by atoms with Crippen LogP contribution < -0.4 is 5.73 Å². The van der Waals surface area contributed by atoms with Gasteiger partial charge in [0.25, 0.3) is 0 Å². The smallest absolute Gasteiger partial charge is 0.188 e. The van der Waals surface area contributed by atoms with E-state index < -0.39 is 0 Å². The molecule has 1 aromatic heterocycles. The number of rotatable bonds is 4. The molecule has 2 N–H and O–H groups in total. The Morgan fingerprint density at radius 3 is 2.27 bits per heavy atom. The van der Waals surface area contributed by atoms with E-state index in [4.69, 9.17) is 5.73 Å². The van der Waals surface area contributed by atoms with Crippen molar-refractivity contribution in [1.82, 2.24) is 9.97 Å². The molecule has 2 atom stereocenters. The summed E-state index contributed by atoms with van der Waals surface area (Å²) in [6.07, 6.45) is 0.987. The molecule has 84 valence electrons. The summed E-state index contributed by atoms with van der Waals surface area (Å²) >= 11 is 1.70. The van der Waals surface area contributed by atoms with Crippen LogP contribution in [0.15, 0.2) is 11.2 Å². The van der Waals surface area contributed by atoms with Gasteiger partial charge >= 0.3 is 0 Å². The normalized spacial score (nSPS) is 15.0. The Morgan fingerprint density at radius 2 is 1.80 bits per heavy atom. The van der Waals surface area contributed by atoms with Crippen molar-refractivity contribution in [2.45, 2.75) is 50.6 Å². The molecular weight excluding hydrogens is 206 g/mol. The van der Waals surface area contributed by atoms with Crippen molar-refractivity contribution in [1.29, 1.82) is 0 Å². The van der Waals surface area contributed by atoms with Gasteiger partial charge in [0.05, 0.1) is 0 Å². The molecule has 0 aliphatic heterocycles. The van der Waals surface area contributed by atoms with Crippen LogP contribution in [0.2, 0.25) is 0 Å². The highest BCUT2D eigenvalue weighted by Crippen LogP contribution is 2.22. The van der Waals surface area contributed by atoms with Crippen molar-refractivity contribution >= 4 is 11.8 Å². The third kappa shape index (κ3) is 4.62. The summed E-state index contributed by atoms with van der Waals surface area (Å²) in [5.74, 6) is 0. The summed E-state index contributed by atoms with van der Waals surface area (Å²) in [6.45, 7) is 8.18. The summed E-state index contributed by atoms with van der Waals surface area (Å²) in [6, 6.07) is 2.22. The average Bonchev–Trinajstić information content (AvgIpc) is 1.98. The monoisotopic (exact) mass is 225 g/mol. The van der Waals surface area contributed by atoms with Gasteiger partial charge in [-0.15, -0.1) is 0 Å². The zero-order valence-electron chi connectivity index (χ0n) is 9.82. The number of nitrogens with two attached hydrogens (primary N) is 1. The van der Waals surface area contributed by atoms with Crippen LogP contribution in [0, 0.1) is 13.8 Å². The Labute approximate surface area is 95.9 Å². The van der Waals surface area contributed by atoms with Gasteiger partial charge in [-0.3, -0.25) is 0 Å². The van der Waals surface area contributed by atoms with Gasteiger partial charge in [-0.05, 0) is 33.3 Å². The lowest BCUT2D eigenvalue weighted by Gasteiger charge is -2.12. The van der Waals surface area contributed by atoms with Crippen LogP contribution >= 0.6 is 11.8 Å². The molecule has 0 saturated heterocycles. The standard InChI is InChI=1S/C11H19N3S/c1-7(12)5-10(4)15-11-13-8(2)6-9(3)14-11/h6-7,10H,5,12H2,1-4H3. The second kappa shape index (κ2) is 5.47. The molecule has 0 spiro atoms. The molecule has 3 nitrogen and oxygen atoms in total. The van der Waals surface area contributed by atoms with Gasteiger partial charge < -0.3 is 5.73 Å². The number of thioether (sulfide) groups is 1. The predicted molar refractivity (Wildman–Crippen MR) is 65.1 cm³/mol. The van der Waals surface area contributed by atoms with Crippen LogP contribution in [0.5, 0.6) is 0 Å². The Kier molecular flexibility index (Phi) is 4.54. The fourth-order valence-electron chi connectivity index (χ4n) is 1.50. The van der Waals surface area contributed by atoms with Crippen molar-refractivity contribution < 1.29 is 0 Å². The van der Waals surface area contributed by atoms with E-state index in [1.54, 1.807) is 11.8 Å². The molecular formula is C11H19N3S. The maximum Gasteiger partial charge on any atom is 0.188 e. The quantitative estimate of drug-likeness (QED) is 0.631. The highest BCUT2D eigenvalue weighted by Gasteiger charge is 2.09. The lowest BCUT2D eigenvalue weighted by atomic mass is 10.2. The molecule has 15 heavy (non-hydrogen) atoms.